The Bertz CT molecular complexity index is 671. The molecule has 0 radical (unpaired) electrons. The topological polar surface area (TPSA) is 55.1 Å². The highest BCUT2D eigenvalue weighted by molar-refractivity contribution is 5.99. The van der Waals surface area contributed by atoms with Crippen molar-refractivity contribution >= 4 is 11.6 Å². The van der Waals surface area contributed by atoms with Gasteiger partial charge in [0.15, 0.2) is 0 Å². The summed E-state index contributed by atoms with van der Waals surface area (Å²) >= 11 is 0. The van der Waals surface area contributed by atoms with Gasteiger partial charge in [-0.2, -0.15) is 0 Å². The Hall–Kier alpha value is -2.13. The number of fused-ring (bicyclic) bond motifs is 1. The third-order valence-corrected chi connectivity index (χ3v) is 3.72. The third kappa shape index (κ3) is 2.32. The van der Waals surface area contributed by atoms with Gasteiger partial charge in [0.1, 0.15) is 0 Å². The van der Waals surface area contributed by atoms with Crippen molar-refractivity contribution in [3.05, 3.63) is 64.2 Å². The van der Waals surface area contributed by atoms with E-state index in [1.54, 1.807) is 0 Å². The molecule has 3 N–H and O–H groups in total. The number of anilines is 1. The molecule has 2 aromatic rings. The number of amides is 1. The molecule has 0 bridgehead atoms. The molecule has 0 aromatic heterocycles. The van der Waals surface area contributed by atoms with Crippen LogP contribution >= 0.6 is 0 Å². The van der Waals surface area contributed by atoms with Crippen LogP contribution in [0.25, 0.3) is 0 Å². The molecule has 2 aromatic carbocycles. The second kappa shape index (κ2) is 4.76. The van der Waals surface area contributed by atoms with Gasteiger partial charge in [-0.05, 0) is 36.6 Å². The van der Waals surface area contributed by atoms with Gasteiger partial charge in [0, 0.05) is 5.69 Å². The van der Waals surface area contributed by atoms with E-state index in [-0.39, 0.29) is 11.9 Å². The van der Waals surface area contributed by atoms with E-state index in [0.29, 0.717) is 6.42 Å². The summed E-state index contributed by atoms with van der Waals surface area (Å²) in [4.78, 5) is 11.4. The van der Waals surface area contributed by atoms with Crippen molar-refractivity contribution in [2.24, 2.45) is 5.73 Å². The molecule has 1 atom stereocenters. The molecule has 1 unspecified atom stereocenters. The van der Waals surface area contributed by atoms with E-state index in [4.69, 9.17) is 5.73 Å². The van der Waals surface area contributed by atoms with Crippen LogP contribution in [0.5, 0.6) is 0 Å². The Kier molecular flexibility index (Phi) is 3.07. The van der Waals surface area contributed by atoms with Gasteiger partial charge in [-0.3, -0.25) is 4.79 Å². The van der Waals surface area contributed by atoms with Crippen molar-refractivity contribution in [2.45, 2.75) is 26.3 Å². The third-order valence-electron chi connectivity index (χ3n) is 3.72. The fourth-order valence-electron chi connectivity index (χ4n) is 2.82. The van der Waals surface area contributed by atoms with Crippen molar-refractivity contribution < 1.29 is 4.79 Å². The lowest BCUT2D eigenvalue weighted by Gasteiger charge is -2.15. The van der Waals surface area contributed by atoms with E-state index >= 15 is 0 Å². The SMILES string of the molecule is Cc1cc(C)cc(C(N)c2ccc3c(c2)CC(=O)N3)c1. The van der Waals surface area contributed by atoms with E-state index in [2.05, 4.69) is 37.4 Å². The molecule has 3 heteroatoms. The summed E-state index contributed by atoms with van der Waals surface area (Å²) in [5.74, 6) is 0.0529. The van der Waals surface area contributed by atoms with Gasteiger partial charge in [-0.15, -0.1) is 0 Å². The molecule has 1 amide bonds. The summed E-state index contributed by atoms with van der Waals surface area (Å²) in [6, 6.07) is 12.2. The second-order valence-corrected chi connectivity index (χ2v) is 5.54. The van der Waals surface area contributed by atoms with Crippen molar-refractivity contribution in [1.29, 1.82) is 0 Å². The molecular weight excluding hydrogens is 248 g/mol. The molecule has 1 aliphatic heterocycles. The number of carbonyl (C=O) groups excluding carboxylic acids is 1. The van der Waals surface area contributed by atoms with Crippen molar-refractivity contribution in [1.82, 2.24) is 0 Å². The van der Waals surface area contributed by atoms with Gasteiger partial charge in [0.05, 0.1) is 12.5 Å². The lowest BCUT2D eigenvalue weighted by Crippen LogP contribution is -2.12. The molecule has 3 nitrogen and oxygen atoms in total. The standard InChI is InChI=1S/C17H18N2O/c1-10-5-11(2)7-14(6-10)17(18)12-3-4-15-13(8-12)9-16(20)19-15/h3-8,17H,9,18H2,1-2H3,(H,19,20). The van der Waals surface area contributed by atoms with Crippen LogP contribution in [0.3, 0.4) is 0 Å². The first-order valence-electron chi connectivity index (χ1n) is 6.79. The first-order chi connectivity index (χ1) is 9.52. The first-order valence-corrected chi connectivity index (χ1v) is 6.79. The maximum Gasteiger partial charge on any atom is 0.228 e. The Morgan fingerprint density at radius 2 is 1.75 bits per heavy atom. The van der Waals surface area contributed by atoms with Gasteiger partial charge in [0.2, 0.25) is 5.91 Å². The lowest BCUT2D eigenvalue weighted by atomic mass is 9.95. The summed E-state index contributed by atoms with van der Waals surface area (Å²) in [6.07, 6.45) is 0.447. The summed E-state index contributed by atoms with van der Waals surface area (Å²) in [5, 5.41) is 2.84. The summed E-state index contributed by atoms with van der Waals surface area (Å²) < 4.78 is 0. The Balaban J connectivity index is 1.97. The van der Waals surface area contributed by atoms with E-state index in [0.717, 1.165) is 22.4 Å². The van der Waals surface area contributed by atoms with E-state index in [1.165, 1.54) is 11.1 Å². The minimum Gasteiger partial charge on any atom is -0.326 e. The van der Waals surface area contributed by atoms with Gasteiger partial charge in [0.25, 0.3) is 0 Å². The highest BCUT2D eigenvalue weighted by Gasteiger charge is 2.19. The molecule has 0 saturated heterocycles. The van der Waals surface area contributed by atoms with Gasteiger partial charge in [-0.1, -0.05) is 41.5 Å². The number of nitrogens with one attached hydrogen (secondary N) is 1. The molecule has 102 valence electrons. The Labute approximate surface area is 118 Å². The molecule has 1 heterocycles. The van der Waals surface area contributed by atoms with Gasteiger partial charge < -0.3 is 11.1 Å². The smallest absolute Gasteiger partial charge is 0.228 e. The molecule has 20 heavy (non-hydrogen) atoms. The average Bonchev–Trinajstić information content (AvgIpc) is 2.75. The van der Waals surface area contributed by atoms with Crippen LogP contribution in [0.2, 0.25) is 0 Å². The fourth-order valence-corrected chi connectivity index (χ4v) is 2.82. The molecule has 1 aliphatic rings. The van der Waals surface area contributed by atoms with Crippen LogP contribution in [-0.4, -0.2) is 5.91 Å². The van der Waals surface area contributed by atoms with Crippen molar-refractivity contribution in [3.63, 3.8) is 0 Å². The van der Waals surface area contributed by atoms with E-state index < -0.39 is 0 Å². The maximum atomic E-state index is 11.4. The number of nitrogens with two attached hydrogens (primary N) is 1. The lowest BCUT2D eigenvalue weighted by molar-refractivity contribution is -0.115. The highest BCUT2D eigenvalue weighted by Crippen LogP contribution is 2.28. The summed E-state index contributed by atoms with van der Waals surface area (Å²) in [5.41, 5.74) is 12.9. The van der Waals surface area contributed by atoms with E-state index in [9.17, 15) is 4.79 Å². The minimum atomic E-state index is -0.158. The van der Waals surface area contributed by atoms with Crippen molar-refractivity contribution in [3.8, 4) is 0 Å². The highest BCUT2D eigenvalue weighted by atomic mass is 16.1. The van der Waals surface area contributed by atoms with Crippen LogP contribution in [0, 0.1) is 13.8 Å². The average molecular weight is 266 g/mol. The molecule has 0 fully saturated rings. The molecule has 0 saturated carbocycles. The largest absolute Gasteiger partial charge is 0.326 e. The van der Waals surface area contributed by atoms with Gasteiger partial charge >= 0.3 is 0 Å². The van der Waals surface area contributed by atoms with Crippen molar-refractivity contribution in [2.75, 3.05) is 5.32 Å². The quantitative estimate of drug-likeness (QED) is 0.878. The predicted molar refractivity (Wildman–Crippen MR) is 80.7 cm³/mol. The number of carbonyl (C=O) groups is 1. The minimum absolute atomic E-state index is 0.0529. The number of hydrogen-bond acceptors (Lipinski definition) is 2. The molecule has 0 aliphatic carbocycles. The van der Waals surface area contributed by atoms with Crippen LogP contribution < -0.4 is 11.1 Å². The number of rotatable bonds is 2. The van der Waals surface area contributed by atoms with Crippen LogP contribution in [-0.2, 0) is 11.2 Å². The zero-order valence-electron chi connectivity index (χ0n) is 11.7. The zero-order chi connectivity index (χ0) is 14.3. The Morgan fingerprint density at radius 1 is 1.05 bits per heavy atom. The van der Waals surface area contributed by atoms with Crippen LogP contribution in [0.1, 0.15) is 33.9 Å². The predicted octanol–water partition coefficient (Wildman–Crippen LogP) is 2.85. The number of aryl methyl sites for hydroxylation is 2. The number of hydrogen-bond donors (Lipinski definition) is 2. The summed E-state index contributed by atoms with van der Waals surface area (Å²) in [6.45, 7) is 4.16. The zero-order valence-corrected chi connectivity index (χ0v) is 11.7. The molecule has 0 spiro atoms. The maximum absolute atomic E-state index is 11.4. The first kappa shape index (κ1) is 12.9. The molecule has 3 rings (SSSR count). The Morgan fingerprint density at radius 3 is 2.45 bits per heavy atom. The molecular formula is C17H18N2O. The summed E-state index contributed by atoms with van der Waals surface area (Å²) in [7, 11) is 0. The normalized spacial score (nSPS) is 14.8. The monoisotopic (exact) mass is 266 g/mol. The number of benzene rings is 2. The van der Waals surface area contributed by atoms with Crippen LogP contribution in [0.15, 0.2) is 36.4 Å². The van der Waals surface area contributed by atoms with Crippen LogP contribution in [0.4, 0.5) is 5.69 Å². The fraction of sp³-hybridized carbons (Fsp3) is 0.235. The van der Waals surface area contributed by atoms with Gasteiger partial charge in [-0.25, -0.2) is 0 Å². The second-order valence-electron chi connectivity index (χ2n) is 5.54. The van der Waals surface area contributed by atoms with E-state index in [1.807, 2.05) is 18.2 Å².